The van der Waals surface area contributed by atoms with Gasteiger partial charge in [-0.25, -0.2) is 0 Å². The third kappa shape index (κ3) is 5.22. The van der Waals surface area contributed by atoms with Gasteiger partial charge < -0.3 is 0 Å². The number of rotatable bonds is 4. The van der Waals surface area contributed by atoms with Gasteiger partial charge in [-0.05, 0) is 166 Å². The summed E-state index contributed by atoms with van der Waals surface area (Å²) in [5, 5.41) is 5.20. The molecule has 3 aliphatic rings. The maximum Gasteiger partial charge on any atom is -0.00199 e. The molecule has 0 radical (unpaired) electrons. The van der Waals surface area contributed by atoms with Crippen LogP contribution in [-0.2, 0) is 12.8 Å². The van der Waals surface area contributed by atoms with Crippen molar-refractivity contribution >= 4 is 33.2 Å². The summed E-state index contributed by atoms with van der Waals surface area (Å²) < 4.78 is 0. The predicted octanol–water partition coefficient (Wildman–Crippen LogP) is 15.6. The summed E-state index contributed by atoms with van der Waals surface area (Å²) in [6.45, 7) is 0. The Morgan fingerprint density at radius 2 is 0.983 bits per heavy atom. The summed E-state index contributed by atoms with van der Waals surface area (Å²) in [6.07, 6.45) is 11.9. The number of hydrogen-bond donors (Lipinski definition) is 0. The van der Waals surface area contributed by atoms with Crippen LogP contribution >= 0.6 is 0 Å². The Kier molecular flexibility index (Phi) is 7.60. The Bertz CT molecular complexity index is 3190. The minimum Gasteiger partial charge on any atom is -0.0622 e. The van der Waals surface area contributed by atoms with Crippen LogP contribution in [0.4, 0.5) is 0 Å². The van der Waals surface area contributed by atoms with Crippen molar-refractivity contribution < 1.29 is 0 Å². The fourth-order valence-corrected chi connectivity index (χ4v) is 10.3. The Morgan fingerprint density at radius 1 is 0.345 bits per heavy atom. The molecule has 12 rings (SSSR count). The lowest BCUT2D eigenvalue weighted by molar-refractivity contribution is 0.686. The van der Waals surface area contributed by atoms with Crippen molar-refractivity contribution in [1.82, 2.24) is 0 Å². The molecule has 272 valence electrons. The highest BCUT2D eigenvalue weighted by Gasteiger charge is 2.25. The molecule has 3 aliphatic carbocycles. The zero-order chi connectivity index (χ0) is 38.2. The predicted molar refractivity (Wildman–Crippen MR) is 247 cm³/mol. The van der Waals surface area contributed by atoms with E-state index in [-0.39, 0.29) is 0 Å². The van der Waals surface area contributed by atoms with E-state index in [0.717, 1.165) is 0 Å². The van der Waals surface area contributed by atoms with Crippen molar-refractivity contribution in [3.05, 3.63) is 216 Å². The van der Waals surface area contributed by atoms with Crippen LogP contribution in [0, 0.1) is 0 Å². The second-order valence-electron chi connectivity index (χ2n) is 16.2. The van der Waals surface area contributed by atoms with E-state index in [4.69, 9.17) is 0 Å². The molecule has 0 heterocycles. The zero-order valence-corrected chi connectivity index (χ0v) is 32.3. The minimum absolute atomic E-state index is 1.17. The second kappa shape index (κ2) is 13.3. The van der Waals surface area contributed by atoms with Crippen molar-refractivity contribution in [2.24, 2.45) is 0 Å². The SMILES string of the molecule is C1=Cc2c(c(-c3ccccc3)c3cc(-c4ccc5c(c4)CCCC5)ccc3c2-c2ccccc2)-c2cccc(c2)C(c2ccc3c(c2)-c2cccc4cccc-3c24)=C1. The maximum absolute atomic E-state index is 2.47. The number of allylic oxidation sites excluding steroid dienone is 2. The number of benzene rings is 9. The fourth-order valence-electron chi connectivity index (χ4n) is 10.3. The molecule has 0 aliphatic heterocycles. The van der Waals surface area contributed by atoms with Crippen LogP contribution in [0.5, 0.6) is 0 Å². The molecule has 0 nitrogen and oxygen atoms in total. The van der Waals surface area contributed by atoms with Crippen LogP contribution in [0.2, 0.25) is 0 Å². The number of fused-ring (bicyclic) bond motifs is 9. The summed E-state index contributed by atoms with van der Waals surface area (Å²) in [6, 6.07) is 66.2. The zero-order valence-electron chi connectivity index (χ0n) is 32.3. The Hall–Kier alpha value is -7.02. The van der Waals surface area contributed by atoms with Crippen molar-refractivity contribution in [2.75, 3.05) is 0 Å². The monoisotopic (exact) mass is 736 g/mol. The highest BCUT2D eigenvalue weighted by Crippen LogP contribution is 2.51. The first-order valence-corrected chi connectivity index (χ1v) is 20.8. The summed E-state index contributed by atoms with van der Waals surface area (Å²) in [5.41, 5.74) is 23.3. The fraction of sp³-hybridized carbons (Fsp3) is 0.0690. The molecule has 58 heavy (non-hydrogen) atoms. The van der Waals surface area contributed by atoms with Gasteiger partial charge in [-0.2, -0.15) is 0 Å². The summed E-state index contributed by atoms with van der Waals surface area (Å²) in [4.78, 5) is 0. The molecule has 9 aromatic carbocycles. The molecule has 0 saturated heterocycles. The minimum atomic E-state index is 1.17. The van der Waals surface area contributed by atoms with Crippen LogP contribution in [0.15, 0.2) is 188 Å². The topological polar surface area (TPSA) is 0 Å². The van der Waals surface area contributed by atoms with Crippen molar-refractivity contribution in [2.45, 2.75) is 25.7 Å². The average molecular weight is 737 g/mol. The summed E-state index contributed by atoms with van der Waals surface area (Å²) in [7, 11) is 0. The summed E-state index contributed by atoms with van der Waals surface area (Å²) in [5.74, 6) is 0. The van der Waals surface area contributed by atoms with Gasteiger partial charge in [0.15, 0.2) is 0 Å². The first kappa shape index (κ1) is 33.2. The highest BCUT2D eigenvalue weighted by atomic mass is 14.3. The van der Waals surface area contributed by atoms with Gasteiger partial charge in [0.2, 0.25) is 0 Å². The largest absolute Gasteiger partial charge is 0.0622 e. The van der Waals surface area contributed by atoms with E-state index in [1.807, 2.05) is 0 Å². The van der Waals surface area contributed by atoms with Gasteiger partial charge >= 0.3 is 0 Å². The molecular weight excluding hydrogens is 697 g/mol. The molecular formula is C58H40. The van der Waals surface area contributed by atoms with E-state index in [9.17, 15) is 0 Å². The van der Waals surface area contributed by atoms with Crippen molar-refractivity contribution in [3.63, 3.8) is 0 Å². The molecule has 9 aromatic rings. The quantitative estimate of drug-likeness (QED) is 0.169. The van der Waals surface area contributed by atoms with Gasteiger partial charge in [-0.3, -0.25) is 0 Å². The summed E-state index contributed by atoms with van der Waals surface area (Å²) >= 11 is 0. The lowest BCUT2D eigenvalue weighted by Gasteiger charge is -2.23. The van der Waals surface area contributed by atoms with E-state index < -0.39 is 0 Å². The van der Waals surface area contributed by atoms with Crippen molar-refractivity contribution in [1.29, 1.82) is 0 Å². The first-order valence-electron chi connectivity index (χ1n) is 20.8. The third-order valence-electron chi connectivity index (χ3n) is 13.0. The van der Waals surface area contributed by atoms with Gasteiger partial charge in [-0.1, -0.05) is 176 Å². The normalized spacial score (nSPS) is 13.6. The first-order chi connectivity index (χ1) is 28.8. The van der Waals surface area contributed by atoms with Crippen LogP contribution in [0.25, 0.3) is 100.0 Å². The molecule has 0 N–H and O–H groups in total. The van der Waals surface area contributed by atoms with E-state index >= 15 is 0 Å². The standard InChI is InChI=1S/C58H40/c1-3-14-38(15-4-1)56-51-32-29-43(42-28-27-37-13-7-8-18-41(37)33-42)35-54(51)57(40-16-5-2-6-17-40)58-46-22-9-21-44(34-46)47(23-12-26-52(56)58)45-30-31-48-49-24-10-19-39-20-11-25-50(55(39)49)53(48)36-45/h1-6,9-12,14-17,19-36H,7-8,13,18H2. The molecule has 0 fully saturated rings. The van der Waals surface area contributed by atoms with Crippen LogP contribution in [0.1, 0.15) is 40.7 Å². The molecule has 0 amide bonds. The second-order valence-corrected chi connectivity index (χ2v) is 16.2. The number of hydrogen-bond acceptors (Lipinski definition) is 0. The molecule has 0 spiro atoms. The third-order valence-corrected chi connectivity index (χ3v) is 13.0. The molecule has 0 aromatic heterocycles. The Morgan fingerprint density at radius 3 is 1.79 bits per heavy atom. The molecule has 0 unspecified atom stereocenters. The van der Waals surface area contributed by atoms with E-state index in [2.05, 4.69) is 194 Å². The lowest BCUT2D eigenvalue weighted by Crippen LogP contribution is -2.02. The van der Waals surface area contributed by atoms with E-state index in [1.165, 1.54) is 147 Å². The van der Waals surface area contributed by atoms with Gasteiger partial charge in [0, 0.05) is 0 Å². The molecule has 0 heteroatoms. The highest BCUT2D eigenvalue weighted by molar-refractivity contribution is 6.17. The Labute approximate surface area is 340 Å². The van der Waals surface area contributed by atoms with Crippen LogP contribution in [-0.4, -0.2) is 0 Å². The van der Waals surface area contributed by atoms with Gasteiger partial charge in [0.25, 0.3) is 0 Å². The molecule has 2 bridgehead atoms. The van der Waals surface area contributed by atoms with Gasteiger partial charge in [0.05, 0.1) is 0 Å². The van der Waals surface area contributed by atoms with E-state index in [0.29, 0.717) is 0 Å². The van der Waals surface area contributed by atoms with Crippen molar-refractivity contribution in [3.8, 4) is 66.8 Å². The molecule has 0 atom stereocenters. The smallest absolute Gasteiger partial charge is 0.00199 e. The van der Waals surface area contributed by atoms with Gasteiger partial charge in [0.1, 0.15) is 0 Å². The lowest BCUT2D eigenvalue weighted by atomic mass is 9.80. The average Bonchev–Trinajstić information content (AvgIpc) is 3.63. The maximum atomic E-state index is 2.47. The molecule has 0 saturated carbocycles. The number of aryl methyl sites for hydroxylation is 2. The van der Waals surface area contributed by atoms with Gasteiger partial charge in [-0.15, -0.1) is 0 Å². The Balaban J connectivity index is 1.11. The van der Waals surface area contributed by atoms with E-state index in [1.54, 1.807) is 0 Å². The van der Waals surface area contributed by atoms with Crippen LogP contribution in [0.3, 0.4) is 0 Å². The van der Waals surface area contributed by atoms with Crippen LogP contribution < -0.4 is 0 Å².